The Kier molecular flexibility index (Phi) is 6.15. The molecule has 0 fully saturated rings. The van der Waals surface area contributed by atoms with E-state index in [1.165, 1.54) is 19.2 Å². The minimum Gasteiger partial charge on any atom is -0.467 e. The zero-order chi connectivity index (χ0) is 15.1. The van der Waals surface area contributed by atoms with Crippen LogP contribution in [0.3, 0.4) is 0 Å². The normalized spacial score (nSPS) is 12.1. The summed E-state index contributed by atoms with van der Waals surface area (Å²) in [5, 5.41) is 2.65. The molecule has 0 aliphatic rings. The average Bonchev–Trinajstić information content (AvgIpc) is 2.39. The van der Waals surface area contributed by atoms with Crippen LogP contribution in [-0.4, -0.2) is 25.0 Å². The van der Waals surface area contributed by atoms with Gasteiger partial charge in [-0.15, -0.1) is 0 Å². The van der Waals surface area contributed by atoms with Gasteiger partial charge in [0.2, 0.25) is 5.91 Å². The Labute approximate surface area is 118 Å². The maximum atomic E-state index is 12.8. The molecule has 0 saturated heterocycles. The Bertz CT molecular complexity index is 457. The number of amides is 1. The van der Waals surface area contributed by atoms with Gasteiger partial charge in [0.05, 0.1) is 13.5 Å². The molecule has 1 unspecified atom stereocenters. The molecule has 1 rings (SSSR count). The number of rotatable bonds is 6. The Hall–Kier alpha value is -1.91. The number of halogens is 1. The Morgan fingerprint density at radius 1 is 1.25 bits per heavy atom. The van der Waals surface area contributed by atoms with Crippen molar-refractivity contribution in [1.29, 1.82) is 0 Å². The highest BCUT2D eigenvalue weighted by Crippen LogP contribution is 2.08. The molecule has 1 aromatic carbocycles. The van der Waals surface area contributed by atoms with Crippen molar-refractivity contribution in [3.05, 3.63) is 35.6 Å². The van der Waals surface area contributed by atoms with Crippen molar-refractivity contribution in [2.75, 3.05) is 7.11 Å². The van der Waals surface area contributed by atoms with Crippen molar-refractivity contribution in [1.82, 2.24) is 5.32 Å². The molecule has 0 bridgehead atoms. The molecule has 1 amide bonds. The second kappa shape index (κ2) is 7.62. The molecule has 1 aromatic rings. The van der Waals surface area contributed by atoms with E-state index in [2.05, 4.69) is 10.1 Å². The van der Waals surface area contributed by atoms with E-state index in [-0.39, 0.29) is 24.1 Å². The SMILES string of the molecule is COC(=O)C(CC(C)C)NC(=O)Cc1ccc(F)cc1. The zero-order valence-corrected chi connectivity index (χ0v) is 12.0. The summed E-state index contributed by atoms with van der Waals surface area (Å²) < 4.78 is 17.4. The van der Waals surface area contributed by atoms with Crippen LogP contribution in [0.25, 0.3) is 0 Å². The lowest BCUT2D eigenvalue weighted by molar-refractivity contribution is -0.145. The van der Waals surface area contributed by atoms with Gasteiger partial charge in [-0.05, 0) is 30.0 Å². The fourth-order valence-corrected chi connectivity index (χ4v) is 1.86. The molecular formula is C15H20FNO3. The van der Waals surface area contributed by atoms with Crippen molar-refractivity contribution in [3.8, 4) is 0 Å². The predicted octanol–water partition coefficient (Wildman–Crippen LogP) is 2.07. The van der Waals surface area contributed by atoms with Crippen LogP contribution in [0.4, 0.5) is 4.39 Å². The summed E-state index contributed by atoms with van der Waals surface area (Å²) in [6, 6.07) is 5.05. The van der Waals surface area contributed by atoms with Gasteiger partial charge < -0.3 is 10.1 Å². The van der Waals surface area contributed by atoms with Gasteiger partial charge in [0.25, 0.3) is 0 Å². The molecule has 0 aliphatic carbocycles. The Balaban J connectivity index is 2.61. The predicted molar refractivity (Wildman–Crippen MR) is 73.5 cm³/mol. The monoisotopic (exact) mass is 281 g/mol. The van der Waals surface area contributed by atoms with Crippen LogP contribution in [0.1, 0.15) is 25.8 Å². The molecule has 0 aliphatic heterocycles. The van der Waals surface area contributed by atoms with E-state index >= 15 is 0 Å². The largest absolute Gasteiger partial charge is 0.467 e. The molecule has 0 spiro atoms. The van der Waals surface area contributed by atoms with Gasteiger partial charge in [0, 0.05) is 0 Å². The van der Waals surface area contributed by atoms with Gasteiger partial charge >= 0.3 is 5.97 Å². The summed E-state index contributed by atoms with van der Waals surface area (Å²) in [6.45, 7) is 3.92. The first-order valence-electron chi connectivity index (χ1n) is 6.54. The summed E-state index contributed by atoms with van der Waals surface area (Å²) >= 11 is 0. The van der Waals surface area contributed by atoms with E-state index in [0.717, 1.165) is 0 Å². The van der Waals surface area contributed by atoms with Crippen molar-refractivity contribution < 1.29 is 18.7 Å². The highest BCUT2D eigenvalue weighted by molar-refractivity contribution is 5.85. The number of nitrogens with one attached hydrogen (secondary N) is 1. The van der Waals surface area contributed by atoms with Gasteiger partial charge in [-0.2, -0.15) is 0 Å². The summed E-state index contributed by atoms with van der Waals surface area (Å²) in [6.07, 6.45) is 0.619. The molecule has 0 saturated carbocycles. The molecule has 1 N–H and O–H groups in total. The van der Waals surface area contributed by atoms with Crippen LogP contribution in [0.2, 0.25) is 0 Å². The van der Waals surface area contributed by atoms with Crippen LogP contribution in [-0.2, 0) is 20.7 Å². The Morgan fingerprint density at radius 3 is 2.35 bits per heavy atom. The Morgan fingerprint density at radius 2 is 1.85 bits per heavy atom. The van der Waals surface area contributed by atoms with Crippen molar-refractivity contribution >= 4 is 11.9 Å². The number of carbonyl (C=O) groups is 2. The lowest BCUT2D eigenvalue weighted by Crippen LogP contribution is -2.43. The minimum absolute atomic E-state index is 0.103. The van der Waals surface area contributed by atoms with E-state index in [4.69, 9.17) is 0 Å². The lowest BCUT2D eigenvalue weighted by Gasteiger charge is -2.18. The molecule has 0 aromatic heterocycles. The number of methoxy groups -OCH3 is 1. The highest BCUT2D eigenvalue weighted by atomic mass is 19.1. The van der Waals surface area contributed by atoms with Crippen LogP contribution in [0.5, 0.6) is 0 Å². The topological polar surface area (TPSA) is 55.4 Å². The summed E-state index contributed by atoms with van der Waals surface area (Å²) in [5.74, 6) is -0.828. The van der Waals surface area contributed by atoms with Gasteiger partial charge in [0.1, 0.15) is 11.9 Å². The van der Waals surface area contributed by atoms with Crippen molar-refractivity contribution in [2.45, 2.75) is 32.7 Å². The standard InChI is InChI=1S/C15H20FNO3/c1-10(2)8-13(15(19)20-3)17-14(18)9-11-4-6-12(16)7-5-11/h4-7,10,13H,8-9H2,1-3H3,(H,17,18). The van der Waals surface area contributed by atoms with E-state index in [9.17, 15) is 14.0 Å². The van der Waals surface area contributed by atoms with Crippen LogP contribution in [0.15, 0.2) is 24.3 Å². The fraction of sp³-hybridized carbons (Fsp3) is 0.467. The fourth-order valence-electron chi connectivity index (χ4n) is 1.86. The minimum atomic E-state index is -0.645. The molecule has 4 nitrogen and oxygen atoms in total. The molecular weight excluding hydrogens is 261 g/mol. The quantitative estimate of drug-likeness (QED) is 0.812. The van der Waals surface area contributed by atoms with Crippen LogP contribution >= 0.6 is 0 Å². The number of hydrogen-bond acceptors (Lipinski definition) is 3. The van der Waals surface area contributed by atoms with Crippen LogP contribution < -0.4 is 5.32 Å². The first-order chi connectivity index (χ1) is 9.42. The average molecular weight is 281 g/mol. The first-order valence-corrected chi connectivity index (χ1v) is 6.54. The van der Waals surface area contributed by atoms with Crippen molar-refractivity contribution in [3.63, 3.8) is 0 Å². The number of carbonyl (C=O) groups excluding carboxylic acids is 2. The summed E-state index contributed by atoms with van der Waals surface area (Å²) in [4.78, 5) is 23.5. The zero-order valence-electron chi connectivity index (χ0n) is 12.0. The number of benzene rings is 1. The molecule has 5 heteroatoms. The lowest BCUT2D eigenvalue weighted by atomic mass is 10.0. The third-order valence-corrected chi connectivity index (χ3v) is 2.81. The van der Waals surface area contributed by atoms with E-state index in [0.29, 0.717) is 12.0 Å². The van der Waals surface area contributed by atoms with Gasteiger partial charge in [-0.1, -0.05) is 26.0 Å². The third kappa shape index (κ3) is 5.38. The highest BCUT2D eigenvalue weighted by Gasteiger charge is 2.22. The van der Waals surface area contributed by atoms with Crippen LogP contribution in [0, 0.1) is 11.7 Å². The second-order valence-electron chi connectivity index (χ2n) is 5.08. The number of hydrogen-bond donors (Lipinski definition) is 1. The van der Waals surface area contributed by atoms with Gasteiger partial charge in [0.15, 0.2) is 0 Å². The van der Waals surface area contributed by atoms with E-state index < -0.39 is 12.0 Å². The maximum absolute atomic E-state index is 12.8. The number of esters is 1. The van der Waals surface area contributed by atoms with E-state index in [1.807, 2.05) is 13.8 Å². The maximum Gasteiger partial charge on any atom is 0.328 e. The summed E-state index contributed by atoms with van der Waals surface area (Å²) in [7, 11) is 1.29. The molecule has 0 heterocycles. The molecule has 0 radical (unpaired) electrons. The van der Waals surface area contributed by atoms with Crippen molar-refractivity contribution in [2.24, 2.45) is 5.92 Å². The second-order valence-corrected chi connectivity index (χ2v) is 5.08. The molecule has 110 valence electrons. The third-order valence-electron chi connectivity index (χ3n) is 2.81. The first kappa shape index (κ1) is 16.1. The van der Waals surface area contributed by atoms with Gasteiger partial charge in [-0.3, -0.25) is 4.79 Å². The molecule has 20 heavy (non-hydrogen) atoms. The van der Waals surface area contributed by atoms with Gasteiger partial charge in [-0.25, -0.2) is 9.18 Å². The van der Waals surface area contributed by atoms with E-state index in [1.54, 1.807) is 12.1 Å². The smallest absolute Gasteiger partial charge is 0.328 e. The molecule has 1 atom stereocenters. The summed E-state index contributed by atoms with van der Waals surface area (Å²) in [5.41, 5.74) is 0.692. The number of ether oxygens (including phenoxy) is 1.